The fraction of sp³-hybridized carbons (Fsp3) is 0.261. The minimum Gasteiger partial charge on any atom is -0.494 e. The highest BCUT2D eigenvalue weighted by molar-refractivity contribution is 6.04. The fourth-order valence-corrected chi connectivity index (χ4v) is 2.20. The molecule has 0 fully saturated rings. The van der Waals surface area contributed by atoms with Crippen molar-refractivity contribution < 1.29 is 14.3 Å². The standard InChI is InChI=1S/C23H26O3/c1-3-17-25-22-13-7-19(8-14-22)5-11-21(24)12-6-20-9-15-23(16-10-20)26-18-4-2/h5-16H,3-4,17-18H2,1-2H3. The van der Waals surface area contributed by atoms with Crippen molar-refractivity contribution in [1.82, 2.24) is 0 Å². The quantitative estimate of drug-likeness (QED) is 0.526. The molecule has 0 aliphatic heterocycles. The summed E-state index contributed by atoms with van der Waals surface area (Å²) < 4.78 is 11.1. The summed E-state index contributed by atoms with van der Waals surface area (Å²) in [5.41, 5.74) is 1.93. The van der Waals surface area contributed by atoms with Crippen LogP contribution in [-0.2, 0) is 4.79 Å². The Morgan fingerprint density at radius 3 is 1.46 bits per heavy atom. The minimum absolute atomic E-state index is 0.0531. The smallest absolute Gasteiger partial charge is 0.178 e. The number of hydrogen-bond donors (Lipinski definition) is 0. The number of ketones is 1. The molecule has 0 saturated carbocycles. The molecule has 0 aliphatic carbocycles. The van der Waals surface area contributed by atoms with E-state index < -0.39 is 0 Å². The molecule has 136 valence electrons. The summed E-state index contributed by atoms with van der Waals surface area (Å²) in [6.45, 7) is 5.57. The van der Waals surface area contributed by atoms with Crippen LogP contribution < -0.4 is 9.47 Å². The molecule has 0 N–H and O–H groups in total. The predicted molar refractivity (Wildman–Crippen MR) is 108 cm³/mol. The maximum absolute atomic E-state index is 12.0. The Labute approximate surface area is 156 Å². The summed E-state index contributed by atoms with van der Waals surface area (Å²) in [4.78, 5) is 12.0. The third kappa shape index (κ3) is 6.98. The summed E-state index contributed by atoms with van der Waals surface area (Å²) >= 11 is 0. The van der Waals surface area contributed by atoms with Gasteiger partial charge in [0.15, 0.2) is 5.78 Å². The van der Waals surface area contributed by atoms with Gasteiger partial charge in [-0.1, -0.05) is 50.3 Å². The molecule has 0 bridgehead atoms. The molecule has 0 atom stereocenters. The summed E-state index contributed by atoms with van der Waals surface area (Å²) in [7, 11) is 0. The van der Waals surface area contributed by atoms with Crippen molar-refractivity contribution in [2.24, 2.45) is 0 Å². The highest BCUT2D eigenvalue weighted by Gasteiger charge is 1.96. The summed E-state index contributed by atoms with van der Waals surface area (Å²) in [5.74, 6) is 1.64. The normalized spacial score (nSPS) is 11.2. The topological polar surface area (TPSA) is 35.5 Å². The molecular formula is C23H26O3. The Kier molecular flexibility index (Phi) is 8.20. The Hall–Kier alpha value is -2.81. The zero-order chi connectivity index (χ0) is 18.6. The Morgan fingerprint density at radius 1 is 0.731 bits per heavy atom. The molecule has 0 spiro atoms. The molecule has 0 unspecified atom stereocenters. The van der Waals surface area contributed by atoms with E-state index in [1.54, 1.807) is 24.3 Å². The minimum atomic E-state index is -0.0531. The van der Waals surface area contributed by atoms with Gasteiger partial charge in [0.25, 0.3) is 0 Å². The van der Waals surface area contributed by atoms with E-state index in [0.29, 0.717) is 13.2 Å². The zero-order valence-electron chi connectivity index (χ0n) is 15.5. The van der Waals surface area contributed by atoms with E-state index in [2.05, 4.69) is 13.8 Å². The van der Waals surface area contributed by atoms with Crippen molar-refractivity contribution in [3.8, 4) is 11.5 Å². The Morgan fingerprint density at radius 2 is 1.12 bits per heavy atom. The van der Waals surface area contributed by atoms with E-state index in [4.69, 9.17) is 9.47 Å². The highest BCUT2D eigenvalue weighted by atomic mass is 16.5. The maximum Gasteiger partial charge on any atom is 0.178 e. The first-order valence-electron chi connectivity index (χ1n) is 9.07. The predicted octanol–water partition coefficient (Wildman–Crippen LogP) is 5.56. The van der Waals surface area contributed by atoms with Crippen molar-refractivity contribution >= 4 is 17.9 Å². The second-order valence-corrected chi connectivity index (χ2v) is 5.90. The van der Waals surface area contributed by atoms with Crippen LogP contribution in [-0.4, -0.2) is 19.0 Å². The number of hydrogen-bond acceptors (Lipinski definition) is 3. The number of benzene rings is 2. The molecule has 0 aliphatic rings. The molecule has 3 heteroatoms. The molecule has 0 heterocycles. The third-order valence-corrected chi connectivity index (χ3v) is 3.59. The molecule has 3 nitrogen and oxygen atoms in total. The van der Waals surface area contributed by atoms with E-state index in [1.807, 2.05) is 48.5 Å². The number of allylic oxidation sites excluding steroid dienone is 2. The van der Waals surface area contributed by atoms with E-state index in [9.17, 15) is 4.79 Å². The van der Waals surface area contributed by atoms with E-state index >= 15 is 0 Å². The van der Waals surface area contributed by atoms with Gasteiger partial charge < -0.3 is 9.47 Å². The fourth-order valence-electron chi connectivity index (χ4n) is 2.20. The van der Waals surface area contributed by atoms with Gasteiger partial charge in [-0.2, -0.15) is 0 Å². The van der Waals surface area contributed by atoms with E-state index in [0.717, 1.165) is 35.5 Å². The monoisotopic (exact) mass is 350 g/mol. The average molecular weight is 350 g/mol. The van der Waals surface area contributed by atoms with Crippen LogP contribution in [0.3, 0.4) is 0 Å². The molecular weight excluding hydrogens is 324 g/mol. The van der Waals surface area contributed by atoms with Gasteiger partial charge in [-0.05, 0) is 60.4 Å². The number of ether oxygens (including phenoxy) is 2. The Balaban J connectivity index is 1.86. The maximum atomic E-state index is 12.0. The van der Waals surface area contributed by atoms with Crippen molar-refractivity contribution in [3.05, 3.63) is 71.8 Å². The van der Waals surface area contributed by atoms with Gasteiger partial charge in [0.1, 0.15) is 11.5 Å². The second-order valence-electron chi connectivity index (χ2n) is 5.90. The van der Waals surface area contributed by atoms with Crippen LogP contribution in [0, 0.1) is 0 Å². The molecule has 0 radical (unpaired) electrons. The van der Waals surface area contributed by atoms with Gasteiger partial charge in [-0.25, -0.2) is 0 Å². The summed E-state index contributed by atoms with van der Waals surface area (Å²) in [6, 6.07) is 15.4. The molecule has 2 aromatic carbocycles. The van der Waals surface area contributed by atoms with E-state index in [1.165, 1.54) is 0 Å². The molecule has 0 saturated heterocycles. The van der Waals surface area contributed by atoms with Crippen LogP contribution in [0.4, 0.5) is 0 Å². The van der Waals surface area contributed by atoms with Gasteiger partial charge >= 0.3 is 0 Å². The molecule has 26 heavy (non-hydrogen) atoms. The molecule has 0 amide bonds. The molecule has 2 rings (SSSR count). The first kappa shape index (κ1) is 19.5. The lowest BCUT2D eigenvalue weighted by Crippen LogP contribution is -1.94. The lowest BCUT2D eigenvalue weighted by molar-refractivity contribution is -0.110. The molecule has 0 aromatic heterocycles. The van der Waals surface area contributed by atoms with Crippen LogP contribution in [0.1, 0.15) is 37.8 Å². The van der Waals surface area contributed by atoms with Crippen LogP contribution >= 0.6 is 0 Å². The first-order chi connectivity index (χ1) is 12.7. The highest BCUT2D eigenvalue weighted by Crippen LogP contribution is 2.15. The first-order valence-corrected chi connectivity index (χ1v) is 9.07. The van der Waals surface area contributed by atoms with Crippen LogP contribution in [0.5, 0.6) is 11.5 Å². The SMILES string of the molecule is CCCOc1ccc(C=CC(=O)C=Cc2ccc(OCCC)cc2)cc1. The van der Waals surface area contributed by atoms with Crippen LogP contribution in [0.2, 0.25) is 0 Å². The lowest BCUT2D eigenvalue weighted by Gasteiger charge is -2.04. The third-order valence-electron chi connectivity index (χ3n) is 3.59. The van der Waals surface area contributed by atoms with E-state index in [-0.39, 0.29) is 5.78 Å². The van der Waals surface area contributed by atoms with Gasteiger partial charge in [0.2, 0.25) is 0 Å². The van der Waals surface area contributed by atoms with Crippen molar-refractivity contribution in [3.63, 3.8) is 0 Å². The summed E-state index contributed by atoms with van der Waals surface area (Å²) in [6.07, 6.45) is 8.71. The largest absolute Gasteiger partial charge is 0.494 e. The molecule has 2 aromatic rings. The van der Waals surface area contributed by atoms with Crippen molar-refractivity contribution in [2.75, 3.05) is 13.2 Å². The second kappa shape index (κ2) is 10.9. The number of carbonyl (C=O) groups excluding carboxylic acids is 1. The van der Waals surface area contributed by atoms with Crippen LogP contribution in [0.15, 0.2) is 60.7 Å². The zero-order valence-corrected chi connectivity index (χ0v) is 15.5. The number of carbonyl (C=O) groups is 1. The number of rotatable bonds is 10. The van der Waals surface area contributed by atoms with Crippen LogP contribution in [0.25, 0.3) is 12.2 Å². The van der Waals surface area contributed by atoms with Crippen molar-refractivity contribution in [2.45, 2.75) is 26.7 Å². The van der Waals surface area contributed by atoms with Gasteiger partial charge in [0.05, 0.1) is 13.2 Å². The van der Waals surface area contributed by atoms with Gasteiger partial charge in [0, 0.05) is 0 Å². The lowest BCUT2D eigenvalue weighted by atomic mass is 10.1. The van der Waals surface area contributed by atoms with Crippen molar-refractivity contribution in [1.29, 1.82) is 0 Å². The average Bonchev–Trinajstić information content (AvgIpc) is 2.69. The summed E-state index contributed by atoms with van der Waals surface area (Å²) in [5, 5.41) is 0. The van der Waals surface area contributed by atoms with Gasteiger partial charge in [-0.15, -0.1) is 0 Å². The Bertz CT molecular complexity index is 662. The van der Waals surface area contributed by atoms with Gasteiger partial charge in [-0.3, -0.25) is 4.79 Å².